The van der Waals surface area contributed by atoms with E-state index in [1.54, 1.807) is 0 Å². The second-order valence-electron chi connectivity index (χ2n) is 3.84. The van der Waals surface area contributed by atoms with Crippen LogP contribution < -0.4 is 0 Å². The van der Waals surface area contributed by atoms with Crippen molar-refractivity contribution in [2.24, 2.45) is 0 Å². The van der Waals surface area contributed by atoms with E-state index in [2.05, 4.69) is 15.9 Å². The predicted octanol–water partition coefficient (Wildman–Crippen LogP) is 3.88. The normalized spacial score (nSPS) is 28.9. The van der Waals surface area contributed by atoms with Gasteiger partial charge in [0.05, 0.1) is 5.41 Å². The van der Waals surface area contributed by atoms with E-state index < -0.39 is 17.2 Å². The predicted molar refractivity (Wildman–Crippen MR) is 51.0 cm³/mol. The molecule has 0 aliphatic heterocycles. The minimum Gasteiger partial charge on any atom is -0.207 e. The number of hydrogen-bond donors (Lipinski definition) is 0. The van der Waals surface area contributed by atoms with Gasteiger partial charge in [0.1, 0.15) is 5.82 Å². The lowest BCUT2D eigenvalue weighted by atomic mass is 9.97. The van der Waals surface area contributed by atoms with Crippen LogP contribution in [0.25, 0.3) is 0 Å². The van der Waals surface area contributed by atoms with Crippen LogP contribution >= 0.6 is 15.9 Å². The molecule has 0 nitrogen and oxygen atoms in total. The Hall–Kier alpha value is -0.510. The van der Waals surface area contributed by atoms with Gasteiger partial charge >= 0.3 is 0 Å². The first kappa shape index (κ1) is 10.0. The third-order valence-electron chi connectivity index (χ3n) is 2.78. The van der Waals surface area contributed by atoms with Crippen molar-refractivity contribution < 1.29 is 13.2 Å². The number of hydrogen-bond acceptors (Lipinski definition) is 0. The van der Waals surface area contributed by atoms with Crippen molar-refractivity contribution in [3.05, 3.63) is 34.1 Å². The van der Waals surface area contributed by atoms with Crippen LogP contribution in [-0.4, -0.2) is 5.92 Å². The largest absolute Gasteiger partial charge is 0.258 e. The zero-order valence-corrected chi connectivity index (χ0v) is 9.04. The Morgan fingerprint density at radius 2 is 1.93 bits per heavy atom. The fraction of sp³-hybridized carbons (Fsp3) is 0.400. The molecule has 2 rings (SSSR count). The van der Waals surface area contributed by atoms with Crippen molar-refractivity contribution in [3.8, 4) is 0 Å². The minimum absolute atomic E-state index is 0.0943. The van der Waals surface area contributed by atoms with E-state index in [1.165, 1.54) is 25.1 Å². The molecule has 0 saturated heterocycles. The van der Waals surface area contributed by atoms with Crippen molar-refractivity contribution in [3.63, 3.8) is 0 Å². The van der Waals surface area contributed by atoms with Crippen LogP contribution in [0.15, 0.2) is 22.7 Å². The highest BCUT2D eigenvalue weighted by Crippen LogP contribution is 2.61. The molecule has 1 aliphatic carbocycles. The van der Waals surface area contributed by atoms with Crippen LogP contribution in [0.2, 0.25) is 0 Å². The molecule has 4 heteroatoms. The summed E-state index contributed by atoms with van der Waals surface area (Å²) in [6, 6.07) is 4.14. The summed E-state index contributed by atoms with van der Waals surface area (Å²) >= 11 is 3.14. The molecular formula is C10H8BrF3. The fourth-order valence-corrected chi connectivity index (χ4v) is 1.97. The van der Waals surface area contributed by atoms with Crippen molar-refractivity contribution in [2.45, 2.75) is 24.7 Å². The molecule has 0 spiro atoms. The zero-order valence-electron chi connectivity index (χ0n) is 7.45. The molecule has 0 N–H and O–H groups in total. The number of benzene rings is 1. The molecule has 1 fully saturated rings. The topological polar surface area (TPSA) is 0 Å². The van der Waals surface area contributed by atoms with Gasteiger partial charge in [0, 0.05) is 16.5 Å². The summed E-state index contributed by atoms with van der Waals surface area (Å²) in [6.45, 7) is 1.39. The molecule has 1 aromatic rings. The summed E-state index contributed by atoms with van der Waals surface area (Å²) in [7, 11) is 0. The lowest BCUT2D eigenvalue weighted by molar-refractivity contribution is 0.0911. The van der Waals surface area contributed by atoms with E-state index in [-0.39, 0.29) is 12.0 Å². The van der Waals surface area contributed by atoms with Crippen molar-refractivity contribution in [2.75, 3.05) is 0 Å². The summed E-state index contributed by atoms with van der Waals surface area (Å²) in [5, 5.41) is 0. The average molecular weight is 265 g/mol. The number of rotatable bonds is 1. The van der Waals surface area contributed by atoms with E-state index in [0.29, 0.717) is 4.47 Å². The molecule has 14 heavy (non-hydrogen) atoms. The first-order valence-corrected chi connectivity index (χ1v) is 4.99. The second-order valence-corrected chi connectivity index (χ2v) is 4.75. The lowest BCUT2D eigenvalue weighted by Crippen LogP contribution is -2.13. The van der Waals surface area contributed by atoms with Crippen LogP contribution in [0.3, 0.4) is 0 Å². The van der Waals surface area contributed by atoms with Crippen LogP contribution in [0.5, 0.6) is 0 Å². The molecule has 0 heterocycles. The fourth-order valence-electron chi connectivity index (χ4n) is 1.61. The Kier molecular flexibility index (Phi) is 1.97. The standard InChI is InChI=1S/C10H8BrF3/c1-9(5-10(9,13)14)7-4-6(11)2-3-8(7)12/h2-4H,5H2,1H3. The van der Waals surface area contributed by atoms with E-state index >= 15 is 0 Å². The molecule has 1 atom stereocenters. The minimum atomic E-state index is -2.77. The average Bonchev–Trinajstić information content (AvgIpc) is 2.58. The van der Waals surface area contributed by atoms with Gasteiger partial charge in [0.25, 0.3) is 5.92 Å². The van der Waals surface area contributed by atoms with E-state index in [9.17, 15) is 13.2 Å². The summed E-state index contributed by atoms with van der Waals surface area (Å²) in [4.78, 5) is 0. The molecule has 1 saturated carbocycles. The molecule has 0 bridgehead atoms. The molecular weight excluding hydrogens is 257 g/mol. The summed E-state index contributed by atoms with van der Waals surface area (Å²) < 4.78 is 39.9. The summed E-state index contributed by atoms with van der Waals surface area (Å²) in [5.74, 6) is -3.33. The van der Waals surface area contributed by atoms with Crippen LogP contribution in [0.4, 0.5) is 13.2 Å². The summed E-state index contributed by atoms with van der Waals surface area (Å²) in [5.41, 5.74) is -1.22. The number of alkyl halides is 2. The maximum Gasteiger partial charge on any atom is 0.258 e. The van der Waals surface area contributed by atoms with Crippen LogP contribution in [0.1, 0.15) is 18.9 Å². The smallest absolute Gasteiger partial charge is 0.207 e. The van der Waals surface area contributed by atoms with Crippen LogP contribution in [-0.2, 0) is 5.41 Å². The monoisotopic (exact) mass is 264 g/mol. The Morgan fingerprint density at radius 3 is 2.43 bits per heavy atom. The van der Waals surface area contributed by atoms with Gasteiger partial charge in [0.2, 0.25) is 0 Å². The Bertz CT molecular complexity index is 389. The molecule has 1 aromatic carbocycles. The van der Waals surface area contributed by atoms with Gasteiger partial charge < -0.3 is 0 Å². The quantitative estimate of drug-likeness (QED) is 0.722. The highest BCUT2D eigenvalue weighted by molar-refractivity contribution is 9.10. The maximum atomic E-state index is 13.3. The molecule has 76 valence electrons. The molecule has 0 amide bonds. The second kappa shape index (κ2) is 2.75. The third-order valence-corrected chi connectivity index (χ3v) is 3.27. The van der Waals surface area contributed by atoms with E-state index in [1.807, 2.05) is 0 Å². The maximum absolute atomic E-state index is 13.3. The Balaban J connectivity index is 2.48. The van der Waals surface area contributed by atoms with Gasteiger partial charge in [0.15, 0.2) is 0 Å². The van der Waals surface area contributed by atoms with Crippen molar-refractivity contribution in [1.29, 1.82) is 0 Å². The van der Waals surface area contributed by atoms with Gasteiger partial charge in [-0.3, -0.25) is 0 Å². The van der Waals surface area contributed by atoms with E-state index in [4.69, 9.17) is 0 Å². The third kappa shape index (κ3) is 1.28. The molecule has 0 radical (unpaired) electrons. The molecule has 1 aliphatic rings. The van der Waals surface area contributed by atoms with Gasteiger partial charge in [-0.1, -0.05) is 15.9 Å². The molecule has 1 unspecified atom stereocenters. The Labute approximate surface area is 88.2 Å². The SMILES string of the molecule is CC1(c2cc(Br)ccc2F)CC1(F)F. The number of halogens is 4. The zero-order chi connectivity index (χ0) is 10.6. The van der Waals surface area contributed by atoms with Crippen molar-refractivity contribution in [1.82, 2.24) is 0 Å². The lowest BCUT2D eigenvalue weighted by Gasteiger charge is -2.11. The summed E-state index contributed by atoms with van der Waals surface area (Å²) in [6.07, 6.45) is -0.270. The highest BCUT2D eigenvalue weighted by Gasteiger charge is 2.69. The highest BCUT2D eigenvalue weighted by atomic mass is 79.9. The Morgan fingerprint density at radius 1 is 1.36 bits per heavy atom. The first-order valence-electron chi connectivity index (χ1n) is 4.20. The van der Waals surface area contributed by atoms with E-state index in [0.717, 1.165) is 0 Å². The van der Waals surface area contributed by atoms with Crippen LogP contribution in [0, 0.1) is 5.82 Å². The van der Waals surface area contributed by atoms with Gasteiger partial charge in [-0.15, -0.1) is 0 Å². The van der Waals surface area contributed by atoms with Gasteiger partial charge in [-0.2, -0.15) is 0 Å². The van der Waals surface area contributed by atoms with Gasteiger partial charge in [-0.25, -0.2) is 13.2 Å². The molecule has 0 aromatic heterocycles. The van der Waals surface area contributed by atoms with Gasteiger partial charge in [-0.05, 0) is 25.1 Å². The first-order chi connectivity index (χ1) is 6.37. The van der Waals surface area contributed by atoms with Crippen molar-refractivity contribution >= 4 is 15.9 Å².